The minimum Gasteiger partial charge on any atom is -0.368 e. The first-order valence-electron chi connectivity index (χ1n) is 9.87. The van der Waals surface area contributed by atoms with Crippen LogP contribution in [0.3, 0.4) is 0 Å². The lowest BCUT2D eigenvalue weighted by atomic mass is 9.83. The van der Waals surface area contributed by atoms with Gasteiger partial charge in [-0.1, -0.05) is 41.0 Å². The van der Waals surface area contributed by atoms with Crippen molar-refractivity contribution >= 4 is 11.6 Å². The van der Waals surface area contributed by atoms with E-state index in [0.29, 0.717) is 43.9 Å². The molecule has 0 aliphatic heterocycles. The molecular formula is C21H40O4. The first kappa shape index (κ1) is 24.3. The zero-order chi connectivity index (χ0) is 19.5. The lowest BCUT2D eigenvalue weighted by Crippen LogP contribution is -2.20. The predicted molar refractivity (Wildman–Crippen MR) is 102 cm³/mol. The molecule has 0 rings (SSSR count). The minimum atomic E-state index is -1.29. The molecular weight excluding hydrogens is 316 g/mol. The molecule has 0 spiro atoms. The number of Topliss-reactive ketones (excluding diaryl/α,β-unsaturated/α-hetero) is 2. The molecule has 0 fully saturated rings. The average Bonchev–Trinajstić information content (AvgIpc) is 2.45. The molecule has 0 aliphatic rings. The summed E-state index contributed by atoms with van der Waals surface area (Å²) in [5, 5.41) is 18.1. The molecule has 0 radical (unpaired) electrons. The van der Waals surface area contributed by atoms with Gasteiger partial charge in [-0.2, -0.15) is 0 Å². The maximum atomic E-state index is 11.9. The summed E-state index contributed by atoms with van der Waals surface area (Å²) in [5.74, 6) is 0.484. The molecule has 0 heterocycles. The van der Waals surface area contributed by atoms with Crippen LogP contribution in [0.25, 0.3) is 0 Å². The third-order valence-corrected chi connectivity index (χ3v) is 5.22. The van der Waals surface area contributed by atoms with Crippen LogP contribution in [0.5, 0.6) is 0 Å². The third-order valence-electron chi connectivity index (χ3n) is 5.22. The smallest absolute Gasteiger partial charge is 0.151 e. The molecule has 148 valence electrons. The van der Waals surface area contributed by atoms with E-state index in [0.717, 1.165) is 32.1 Å². The highest BCUT2D eigenvalue weighted by Crippen LogP contribution is 2.29. The molecule has 4 heteroatoms. The van der Waals surface area contributed by atoms with E-state index in [-0.39, 0.29) is 17.0 Å². The maximum Gasteiger partial charge on any atom is 0.151 e. The Hall–Kier alpha value is -0.740. The molecule has 0 bridgehead atoms. The van der Waals surface area contributed by atoms with Crippen LogP contribution < -0.4 is 0 Å². The van der Waals surface area contributed by atoms with Gasteiger partial charge in [-0.3, -0.25) is 9.59 Å². The standard InChI is InChI=1S/C21H40O4/c1-6-20(2,3)14-8-12-17(22)10-7-11-18(23)13-9-15-21(4,5)16-19(24)25/h19,24-25H,6-16H2,1-5H3. The van der Waals surface area contributed by atoms with Gasteiger partial charge in [-0.05, 0) is 42.9 Å². The van der Waals surface area contributed by atoms with Gasteiger partial charge in [0.2, 0.25) is 0 Å². The Morgan fingerprint density at radius 1 is 0.760 bits per heavy atom. The van der Waals surface area contributed by atoms with E-state index in [1.54, 1.807) is 0 Å². The molecule has 0 amide bonds. The van der Waals surface area contributed by atoms with Gasteiger partial charge in [0.1, 0.15) is 11.6 Å². The SMILES string of the molecule is CCC(C)(C)CCCC(=O)CCCC(=O)CCCC(C)(C)CC(O)O. The van der Waals surface area contributed by atoms with Crippen molar-refractivity contribution < 1.29 is 19.8 Å². The van der Waals surface area contributed by atoms with Gasteiger partial charge in [0.05, 0.1) is 0 Å². The summed E-state index contributed by atoms with van der Waals surface area (Å²) >= 11 is 0. The van der Waals surface area contributed by atoms with Crippen LogP contribution in [0, 0.1) is 10.8 Å². The van der Waals surface area contributed by atoms with Crippen molar-refractivity contribution in [2.75, 3.05) is 0 Å². The van der Waals surface area contributed by atoms with E-state index in [1.165, 1.54) is 0 Å². The second kappa shape index (κ2) is 11.8. The molecule has 0 atom stereocenters. The number of ketones is 2. The van der Waals surface area contributed by atoms with E-state index in [2.05, 4.69) is 20.8 Å². The lowest BCUT2D eigenvalue weighted by Gasteiger charge is -2.25. The van der Waals surface area contributed by atoms with Crippen molar-refractivity contribution in [3.05, 3.63) is 0 Å². The third kappa shape index (κ3) is 14.1. The molecule has 0 aromatic heterocycles. The van der Waals surface area contributed by atoms with E-state index in [9.17, 15) is 9.59 Å². The summed E-state index contributed by atoms with van der Waals surface area (Å²) in [7, 11) is 0. The maximum absolute atomic E-state index is 11.9. The predicted octanol–water partition coefficient (Wildman–Crippen LogP) is 4.80. The summed E-state index contributed by atoms with van der Waals surface area (Å²) in [6.07, 6.45) is 6.55. The molecule has 4 nitrogen and oxygen atoms in total. The Balaban J connectivity index is 3.77. The Kier molecular flexibility index (Phi) is 11.4. The zero-order valence-electron chi connectivity index (χ0n) is 17.1. The number of aliphatic hydroxyl groups is 2. The fourth-order valence-corrected chi connectivity index (χ4v) is 3.03. The molecule has 0 saturated carbocycles. The fraction of sp³-hybridized carbons (Fsp3) is 0.905. The number of hydrogen-bond donors (Lipinski definition) is 2. The van der Waals surface area contributed by atoms with Crippen molar-refractivity contribution in [2.45, 2.75) is 112 Å². The van der Waals surface area contributed by atoms with Gasteiger partial charge >= 0.3 is 0 Å². The molecule has 0 unspecified atom stereocenters. The molecule has 0 saturated heterocycles. The monoisotopic (exact) mass is 356 g/mol. The fourth-order valence-electron chi connectivity index (χ4n) is 3.03. The van der Waals surface area contributed by atoms with Crippen molar-refractivity contribution in [3.8, 4) is 0 Å². The van der Waals surface area contributed by atoms with Crippen LogP contribution >= 0.6 is 0 Å². The van der Waals surface area contributed by atoms with Crippen molar-refractivity contribution in [1.29, 1.82) is 0 Å². The van der Waals surface area contributed by atoms with Crippen LogP contribution in [0.4, 0.5) is 0 Å². The number of carbonyl (C=O) groups excluding carboxylic acids is 2. The van der Waals surface area contributed by atoms with Crippen LogP contribution in [0.15, 0.2) is 0 Å². The van der Waals surface area contributed by atoms with E-state index in [1.807, 2.05) is 13.8 Å². The molecule has 0 aromatic rings. The van der Waals surface area contributed by atoms with E-state index < -0.39 is 6.29 Å². The van der Waals surface area contributed by atoms with Gasteiger partial charge in [0.15, 0.2) is 6.29 Å². The van der Waals surface area contributed by atoms with Crippen LogP contribution in [0.1, 0.15) is 105 Å². The van der Waals surface area contributed by atoms with Gasteiger partial charge in [-0.15, -0.1) is 0 Å². The Morgan fingerprint density at radius 2 is 1.16 bits per heavy atom. The number of carbonyl (C=O) groups is 2. The molecule has 0 aliphatic carbocycles. The zero-order valence-corrected chi connectivity index (χ0v) is 17.1. The first-order valence-corrected chi connectivity index (χ1v) is 9.87. The summed E-state index contributed by atoms with van der Waals surface area (Å²) in [5.41, 5.74) is 0.146. The summed E-state index contributed by atoms with van der Waals surface area (Å²) < 4.78 is 0. The van der Waals surface area contributed by atoms with Gasteiger partial charge in [0, 0.05) is 32.1 Å². The minimum absolute atomic E-state index is 0.170. The largest absolute Gasteiger partial charge is 0.368 e. The van der Waals surface area contributed by atoms with Crippen molar-refractivity contribution in [1.82, 2.24) is 0 Å². The molecule has 25 heavy (non-hydrogen) atoms. The second-order valence-electron chi connectivity index (χ2n) is 9.00. The van der Waals surface area contributed by atoms with E-state index >= 15 is 0 Å². The first-order chi connectivity index (χ1) is 11.5. The Bertz CT molecular complexity index is 397. The average molecular weight is 357 g/mol. The van der Waals surface area contributed by atoms with Crippen molar-refractivity contribution in [3.63, 3.8) is 0 Å². The van der Waals surface area contributed by atoms with Crippen LogP contribution in [-0.4, -0.2) is 28.1 Å². The summed E-state index contributed by atoms with van der Waals surface area (Å²) in [4.78, 5) is 23.8. The Morgan fingerprint density at radius 3 is 1.56 bits per heavy atom. The normalized spacial score (nSPS) is 12.6. The summed E-state index contributed by atoms with van der Waals surface area (Å²) in [6, 6.07) is 0. The summed E-state index contributed by atoms with van der Waals surface area (Å²) in [6.45, 7) is 10.6. The highest BCUT2D eigenvalue weighted by Gasteiger charge is 2.21. The van der Waals surface area contributed by atoms with Crippen LogP contribution in [-0.2, 0) is 9.59 Å². The lowest BCUT2D eigenvalue weighted by molar-refractivity contribution is -0.120. The highest BCUT2D eigenvalue weighted by molar-refractivity contribution is 5.81. The number of hydrogen-bond acceptors (Lipinski definition) is 4. The quantitative estimate of drug-likeness (QED) is 0.413. The van der Waals surface area contributed by atoms with Gasteiger partial charge < -0.3 is 10.2 Å². The highest BCUT2D eigenvalue weighted by atomic mass is 16.5. The topological polar surface area (TPSA) is 74.6 Å². The Labute approximate surface area is 154 Å². The number of rotatable bonds is 15. The van der Waals surface area contributed by atoms with E-state index in [4.69, 9.17) is 10.2 Å². The number of aliphatic hydroxyl groups excluding tert-OH is 1. The van der Waals surface area contributed by atoms with Gasteiger partial charge in [-0.25, -0.2) is 0 Å². The molecule has 0 aromatic carbocycles. The van der Waals surface area contributed by atoms with Crippen LogP contribution in [0.2, 0.25) is 0 Å². The molecule has 2 N–H and O–H groups in total. The van der Waals surface area contributed by atoms with Gasteiger partial charge in [0.25, 0.3) is 0 Å². The van der Waals surface area contributed by atoms with Crippen molar-refractivity contribution in [2.24, 2.45) is 10.8 Å². The second-order valence-corrected chi connectivity index (χ2v) is 9.00.